The van der Waals surface area contributed by atoms with Crippen LogP contribution in [0, 0.1) is 10.1 Å². The van der Waals surface area contributed by atoms with Crippen molar-refractivity contribution >= 4 is 11.4 Å². The molecule has 0 aliphatic rings. The highest BCUT2D eigenvalue weighted by Gasteiger charge is 2.09. The summed E-state index contributed by atoms with van der Waals surface area (Å²) in [6.07, 6.45) is 0. The number of hydrogen-bond donors (Lipinski definition) is 2. The van der Waals surface area contributed by atoms with E-state index in [1.807, 2.05) is 0 Å². The maximum atomic E-state index is 10.6. The molecule has 7 nitrogen and oxygen atoms in total. The molecule has 16 heavy (non-hydrogen) atoms. The first-order chi connectivity index (χ1) is 7.67. The van der Waals surface area contributed by atoms with Crippen molar-refractivity contribution in [3.63, 3.8) is 0 Å². The van der Waals surface area contributed by atoms with E-state index in [0.717, 1.165) is 0 Å². The van der Waals surface area contributed by atoms with Crippen LogP contribution < -0.4 is 16.0 Å². The summed E-state index contributed by atoms with van der Waals surface area (Å²) in [6.45, 7) is 0.732. The molecule has 1 aromatic carbocycles. The zero-order chi connectivity index (χ0) is 12.0. The smallest absolute Gasteiger partial charge is 0.275 e. The maximum absolute atomic E-state index is 10.6. The van der Waals surface area contributed by atoms with Crippen LogP contribution >= 0.6 is 0 Å². The maximum Gasteiger partial charge on any atom is 0.275 e. The molecule has 0 amide bonds. The number of hydrogen-bond acceptors (Lipinski definition) is 6. The Bertz CT molecular complexity index is 370. The van der Waals surface area contributed by atoms with Crippen LogP contribution in [-0.4, -0.2) is 25.2 Å². The number of non-ortho nitro benzene ring substituents is 1. The van der Waals surface area contributed by atoms with Gasteiger partial charge in [-0.15, -0.1) is 0 Å². The lowest BCUT2D eigenvalue weighted by atomic mass is 10.2. The molecule has 88 valence electrons. The number of nitrogens with two attached hydrogens (primary N) is 1. The molecule has 0 heterocycles. The molecule has 1 rings (SSSR count). The normalized spacial score (nSPS) is 9.88. The van der Waals surface area contributed by atoms with Crippen LogP contribution in [0.3, 0.4) is 0 Å². The summed E-state index contributed by atoms with van der Waals surface area (Å²) in [4.78, 5) is 10.1. The van der Waals surface area contributed by atoms with Crippen molar-refractivity contribution in [2.75, 3.05) is 25.7 Å². The number of ether oxygens (including phenoxy) is 2. The van der Waals surface area contributed by atoms with Crippen LogP contribution in [0.2, 0.25) is 0 Å². The zero-order valence-corrected chi connectivity index (χ0v) is 8.80. The van der Waals surface area contributed by atoms with E-state index < -0.39 is 4.92 Å². The van der Waals surface area contributed by atoms with Crippen LogP contribution in [-0.2, 0) is 4.74 Å². The molecule has 1 aromatic rings. The SMILES string of the molecule is COCCOc1cc(NN)cc([N+](=O)[O-])c1. The first kappa shape index (κ1) is 12.2. The first-order valence-electron chi connectivity index (χ1n) is 4.55. The Kier molecular flexibility index (Phi) is 4.49. The molecule has 0 saturated heterocycles. The third-order valence-corrected chi connectivity index (χ3v) is 1.82. The zero-order valence-electron chi connectivity index (χ0n) is 8.80. The second-order valence-corrected chi connectivity index (χ2v) is 2.96. The molecule has 0 atom stereocenters. The quantitative estimate of drug-likeness (QED) is 0.324. The monoisotopic (exact) mass is 227 g/mol. The van der Waals surface area contributed by atoms with E-state index >= 15 is 0 Å². The molecule has 7 heteroatoms. The second-order valence-electron chi connectivity index (χ2n) is 2.96. The lowest BCUT2D eigenvalue weighted by molar-refractivity contribution is -0.384. The number of methoxy groups -OCH3 is 1. The standard InChI is InChI=1S/C9H13N3O4/c1-15-2-3-16-9-5-7(11-10)4-8(6-9)12(13)14/h4-6,11H,2-3,10H2,1H3. The molecule has 0 aliphatic heterocycles. The number of hydrazine groups is 1. The van der Waals surface area contributed by atoms with E-state index in [1.165, 1.54) is 12.1 Å². The molecule has 0 saturated carbocycles. The van der Waals surface area contributed by atoms with Gasteiger partial charge >= 0.3 is 0 Å². The molecule has 0 unspecified atom stereocenters. The van der Waals surface area contributed by atoms with Crippen molar-refractivity contribution in [2.24, 2.45) is 5.84 Å². The van der Waals surface area contributed by atoms with Gasteiger partial charge in [0.15, 0.2) is 0 Å². The third-order valence-electron chi connectivity index (χ3n) is 1.82. The Hall–Kier alpha value is -1.86. The fourth-order valence-corrected chi connectivity index (χ4v) is 1.10. The minimum Gasteiger partial charge on any atom is -0.491 e. The average molecular weight is 227 g/mol. The molecule has 0 radical (unpaired) electrons. The number of anilines is 1. The van der Waals surface area contributed by atoms with Crippen LogP contribution in [0.25, 0.3) is 0 Å². The van der Waals surface area contributed by atoms with Gasteiger partial charge in [-0.2, -0.15) is 0 Å². The van der Waals surface area contributed by atoms with Gasteiger partial charge in [0, 0.05) is 19.2 Å². The summed E-state index contributed by atoms with van der Waals surface area (Å²) < 4.78 is 10.1. The number of nitrogens with one attached hydrogen (secondary N) is 1. The van der Waals surface area contributed by atoms with Gasteiger partial charge < -0.3 is 14.9 Å². The predicted octanol–water partition coefficient (Wildman–Crippen LogP) is 0.906. The summed E-state index contributed by atoms with van der Waals surface area (Å²) in [5.41, 5.74) is 2.67. The van der Waals surface area contributed by atoms with E-state index in [9.17, 15) is 10.1 Å². The van der Waals surface area contributed by atoms with Crippen LogP contribution in [0.1, 0.15) is 0 Å². The van der Waals surface area contributed by atoms with Gasteiger partial charge in [0.25, 0.3) is 5.69 Å². The van der Waals surface area contributed by atoms with E-state index in [-0.39, 0.29) is 5.69 Å². The van der Waals surface area contributed by atoms with Crippen molar-refractivity contribution < 1.29 is 14.4 Å². The Morgan fingerprint density at radius 3 is 2.75 bits per heavy atom. The Labute approximate surface area is 92.3 Å². The average Bonchev–Trinajstić information content (AvgIpc) is 2.29. The van der Waals surface area contributed by atoms with Gasteiger partial charge in [-0.3, -0.25) is 16.0 Å². The molecule has 0 aromatic heterocycles. The van der Waals surface area contributed by atoms with Gasteiger partial charge in [-0.1, -0.05) is 0 Å². The van der Waals surface area contributed by atoms with E-state index in [4.69, 9.17) is 15.3 Å². The van der Waals surface area contributed by atoms with Crippen molar-refractivity contribution in [2.45, 2.75) is 0 Å². The first-order valence-corrected chi connectivity index (χ1v) is 4.55. The van der Waals surface area contributed by atoms with Crippen molar-refractivity contribution in [3.05, 3.63) is 28.3 Å². The van der Waals surface area contributed by atoms with Gasteiger partial charge in [0.05, 0.1) is 23.3 Å². The fourth-order valence-electron chi connectivity index (χ4n) is 1.10. The van der Waals surface area contributed by atoms with Gasteiger partial charge in [0.2, 0.25) is 0 Å². The lowest BCUT2D eigenvalue weighted by Crippen LogP contribution is -2.08. The molecule has 0 bridgehead atoms. The third kappa shape index (κ3) is 3.37. The second kappa shape index (κ2) is 5.89. The van der Waals surface area contributed by atoms with Crippen molar-refractivity contribution in [1.82, 2.24) is 0 Å². The van der Waals surface area contributed by atoms with Gasteiger partial charge in [-0.25, -0.2) is 0 Å². The van der Waals surface area contributed by atoms with E-state index in [1.54, 1.807) is 13.2 Å². The Morgan fingerprint density at radius 1 is 1.44 bits per heavy atom. The topological polar surface area (TPSA) is 99.7 Å². The summed E-state index contributed by atoms with van der Waals surface area (Å²) in [5.74, 6) is 5.56. The minimum atomic E-state index is -0.510. The van der Waals surface area contributed by atoms with Gasteiger partial charge in [0.1, 0.15) is 12.4 Å². The number of nitro groups is 1. The molecular formula is C9H13N3O4. The highest BCUT2D eigenvalue weighted by molar-refractivity contribution is 5.55. The van der Waals surface area contributed by atoms with Crippen molar-refractivity contribution in [3.8, 4) is 5.75 Å². The number of nitro benzene ring substituents is 1. The number of rotatable bonds is 6. The summed E-state index contributed by atoms with van der Waals surface area (Å²) in [6, 6.07) is 4.22. The molecule has 3 N–H and O–H groups in total. The molecular weight excluding hydrogens is 214 g/mol. The highest BCUT2D eigenvalue weighted by Crippen LogP contribution is 2.25. The number of nitrogen functional groups attached to an aromatic ring is 1. The summed E-state index contributed by atoms with van der Waals surface area (Å²) >= 11 is 0. The minimum absolute atomic E-state index is 0.0807. The highest BCUT2D eigenvalue weighted by atomic mass is 16.6. The Balaban J connectivity index is 2.82. The Morgan fingerprint density at radius 2 is 2.19 bits per heavy atom. The molecule has 0 aliphatic carbocycles. The van der Waals surface area contributed by atoms with Crippen LogP contribution in [0.15, 0.2) is 18.2 Å². The molecule has 0 spiro atoms. The van der Waals surface area contributed by atoms with Gasteiger partial charge in [-0.05, 0) is 0 Å². The van der Waals surface area contributed by atoms with Crippen molar-refractivity contribution in [1.29, 1.82) is 0 Å². The van der Waals surface area contributed by atoms with E-state index in [2.05, 4.69) is 5.43 Å². The predicted molar refractivity (Wildman–Crippen MR) is 58.3 cm³/mol. The van der Waals surface area contributed by atoms with E-state index in [0.29, 0.717) is 24.7 Å². The van der Waals surface area contributed by atoms with Crippen LogP contribution in [0.5, 0.6) is 5.75 Å². The summed E-state index contributed by atoms with van der Waals surface area (Å²) in [7, 11) is 1.55. The largest absolute Gasteiger partial charge is 0.491 e. The number of nitrogens with zero attached hydrogens (tertiary/aromatic N) is 1. The summed E-state index contributed by atoms with van der Waals surface area (Å²) in [5, 5.41) is 10.6. The molecule has 0 fully saturated rings. The lowest BCUT2D eigenvalue weighted by Gasteiger charge is -2.07. The fraction of sp³-hybridized carbons (Fsp3) is 0.333. The van der Waals surface area contributed by atoms with Crippen LogP contribution in [0.4, 0.5) is 11.4 Å². The number of benzene rings is 1.